The van der Waals surface area contributed by atoms with Gasteiger partial charge in [0.05, 0.1) is 12.7 Å². The molecule has 2 rings (SSSR count). The van der Waals surface area contributed by atoms with Crippen LogP contribution in [0.1, 0.15) is 30.1 Å². The van der Waals surface area contributed by atoms with Gasteiger partial charge in [-0.05, 0) is 44.1 Å². The summed E-state index contributed by atoms with van der Waals surface area (Å²) >= 11 is 0. The van der Waals surface area contributed by atoms with E-state index < -0.39 is 0 Å². The number of ketones is 1. The van der Waals surface area contributed by atoms with Gasteiger partial charge in [0.15, 0.2) is 5.78 Å². The Kier molecular flexibility index (Phi) is 4.74. The van der Waals surface area contributed by atoms with E-state index in [9.17, 15) is 9.59 Å². The van der Waals surface area contributed by atoms with Crippen LogP contribution in [0.3, 0.4) is 0 Å². The number of hydrogen-bond acceptors (Lipinski definition) is 4. The molecular formula is C15H20N2O3. The predicted molar refractivity (Wildman–Crippen MR) is 77.2 cm³/mol. The molecule has 2 N–H and O–H groups in total. The summed E-state index contributed by atoms with van der Waals surface area (Å²) in [6, 6.07) is 5.16. The number of benzene rings is 1. The average Bonchev–Trinajstić information content (AvgIpc) is 2.46. The Morgan fingerprint density at radius 1 is 1.30 bits per heavy atom. The van der Waals surface area contributed by atoms with Crippen molar-refractivity contribution in [3.8, 4) is 5.75 Å². The SMILES string of the molecule is COc1ccc(NC(C)=O)cc1C(=O)C1CCNCC1. The Morgan fingerprint density at radius 3 is 2.60 bits per heavy atom. The molecule has 0 spiro atoms. The highest BCUT2D eigenvalue weighted by atomic mass is 16.5. The fourth-order valence-corrected chi connectivity index (χ4v) is 2.49. The third-order valence-electron chi connectivity index (χ3n) is 3.50. The third kappa shape index (κ3) is 3.36. The van der Waals surface area contributed by atoms with Crippen molar-refractivity contribution in [2.75, 3.05) is 25.5 Å². The molecule has 0 aliphatic carbocycles. The molecule has 0 unspecified atom stereocenters. The standard InChI is InChI=1S/C15H20N2O3/c1-10(18)17-12-3-4-14(20-2)13(9-12)15(19)11-5-7-16-8-6-11/h3-4,9,11,16H,5-8H2,1-2H3,(H,17,18). The number of Topliss-reactive ketones (excluding diaryl/α,β-unsaturated/α-hetero) is 1. The van der Waals surface area contributed by atoms with E-state index in [1.807, 2.05) is 0 Å². The van der Waals surface area contributed by atoms with E-state index >= 15 is 0 Å². The van der Waals surface area contributed by atoms with Gasteiger partial charge in [-0.25, -0.2) is 0 Å². The minimum atomic E-state index is -0.157. The number of carbonyl (C=O) groups is 2. The first-order valence-corrected chi connectivity index (χ1v) is 6.82. The van der Waals surface area contributed by atoms with Crippen LogP contribution >= 0.6 is 0 Å². The molecule has 0 saturated carbocycles. The highest BCUT2D eigenvalue weighted by molar-refractivity contribution is 6.02. The monoisotopic (exact) mass is 276 g/mol. The summed E-state index contributed by atoms with van der Waals surface area (Å²) < 4.78 is 5.27. The van der Waals surface area contributed by atoms with Crippen molar-refractivity contribution in [2.45, 2.75) is 19.8 Å². The average molecular weight is 276 g/mol. The molecule has 1 amide bonds. The molecule has 20 heavy (non-hydrogen) atoms. The van der Waals surface area contributed by atoms with Crippen molar-refractivity contribution < 1.29 is 14.3 Å². The highest BCUT2D eigenvalue weighted by Gasteiger charge is 2.25. The normalized spacial score (nSPS) is 15.7. The van der Waals surface area contributed by atoms with Gasteiger partial charge in [0.2, 0.25) is 5.91 Å². The number of hydrogen-bond donors (Lipinski definition) is 2. The van der Waals surface area contributed by atoms with Crippen molar-refractivity contribution in [1.29, 1.82) is 0 Å². The second-order valence-electron chi connectivity index (χ2n) is 4.98. The molecule has 1 aliphatic rings. The molecule has 0 bridgehead atoms. The summed E-state index contributed by atoms with van der Waals surface area (Å²) in [5.41, 5.74) is 1.17. The van der Waals surface area contributed by atoms with Gasteiger partial charge in [0.1, 0.15) is 5.75 Å². The van der Waals surface area contributed by atoms with Crippen LogP contribution < -0.4 is 15.4 Å². The van der Waals surface area contributed by atoms with Crippen LogP contribution in [0.15, 0.2) is 18.2 Å². The van der Waals surface area contributed by atoms with Gasteiger partial charge in [-0.3, -0.25) is 9.59 Å². The van der Waals surface area contributed by atoms with E-state index in [-0.39, 0.29) is 17.6 Å². The lowest BCUT2D eigenvalue weighted by atomic mass is 9.89. The maximum absolute atomic E-state index is 12.6. The molecule has 1 fully saturated rings. The fourth-order valence-electron chi connectivity index (χ4n) is 2.49. The van der Waals surface area contributed by atoms with E-state index in [2.05, 4.69) is 10.6 Å². The van der Waals surface area contributed by atoms with E-state index in [4.69, 9.17) is 4.74 Å². The Bertz CT molecular complexity index is 508. The molecule has 5 nitrogen and oxygen atoms in total. The molecule has 108 valence electrons. The van der Waals surface area contributed by atoms with Crippen LogP contribution in [0.4, 0.5) is 5.69 Å². The molecule has 5 heteroatoms. The van der Waals surface area contributed by atoms with Crippen LogP contribution in [0, 0.1) is 5.92 Å². The maximum atomic E-state index is 12.6. The number of methoxy groups -OCH3 is 1. The lowest BCUT2D eigenvalue weighted by molar-refractivity contribution is -0.114. The van der Waals surface area contributed by atoms with E-state index in [1.54, 1.807) is 25.3 Å². The summed E-state index contributed by atoms with van der Waals surface area (Å²) in [7, 11) is 1.55. The largest absolute Gasteiger partial charge is 0.496 e. The minimum Gasteiger partial charge on any atom is -0.496 e. The first kappa shape index (κ1) is 14.5. The summed E-state index contributed by atoms with van der Waals surface area (Å²) in [4.78, 5) is 23.7. The van der Waals surface area contributed by atoms with Gasteiger partial charge in [0.25, 0.3) is 0 Å². The number of carbonyl (C=O) groups excluding carboxylic acids is 2. The zero-order valence-corrected chi connectivity index (χ0v) is 11.9. The zero-order chi connectivity index (χ0) is 14.5. The summed E-state index contributed by atoms with van der Waals surface area (Å²) in [6.45, 7) is 3.17. The molecule has 1 aromatic rings. The Balaban J connectivity index is 2.26. The van der Waals surface area contributed by atoms with Crippen molar-refractivity contribution in [2.24, 2.45) is 5.92 Å². The second-order valence-corrected chi connectivity index (χ2v) is 4.98. The van der Waals surface area contributed by atoms with E-state index in [0.717, 1.165) is 25.9 Å². The number of nitrogens with one attached hydrogen (secondary N) is 2. The molecule has 0 aromatic heterocycles. The molecule has 1 aliphatic heterocycles. The Labute approximate surface area is 118 Å². The van der Waals surface area contributed by atoms with Crippen LogP contribution in [-0.2, 0) is 4.79 Å². The number of anilines is 1. The first-order valence-electron chi connectivity index (χ1n) is 6.82. The van der Waals surface area contributed by atoms with Gasteiger partial charge in [0, 0.05) is 18.5 Å². The molecule has 1 saturated heterocycles. The number of ether oxygens (including phenoxy) is 1. The maximum Gasteiger partial charge on any atom is 0.221 e. The highest BCUT2D eigenvalue weighted by Crippen LogP contribution is 2.28. The van der Waals surface area contributed by atoms with Crippen LogP contribution in [0.25, 0.3) is 0 Å². The van der Waals surface area contributed by atoms with Crippen molar-refractivity contribution in [3.05, 3.63) is 23.8 Å². The Hall–Kier alpha value is -1.88. The van der Waals surface area contributed by atoms with Crippen molar-refractivity contribution in [1.82, 2.24) is 5.32 Å². The third-order valence-corrected chi connectivity index (χ3v) is 3.50. The van der Waals surface area contributed by atoms with Crippen LogP contribution in [0.2, 0.25) is 0 Å². The fraction of sp³-hybridized carbons (Fsp3) is 0.467. The van der Waals surface area contributed by atoms with Gasteiger partial charge in [-0.2, -0.15) is 0 Å². The summed E-state index contributed by atoms with van der Waals surface area (Å²) in [5, 5.41) is 5.94. The molecule has 0 atom stereocenters. The Morgan fingerprint density at radius 2 is 2.00 bits per heavy atom. The minimum absolute atomic E-state index is 0.0257. The zero-order valence-electron chi connectivity index (χ0n) is 11.9. The number of rotatable bonds is 4. The van der Waals surface area contributed by atoms with E-state index in [1.165, 1.54) is 6.92 Å². The quantitative estimate of drug-likeness (QED) is 0.823. The van der Waals surface area contributed by atoms with E-state index in [0.29, 0.717) is 17.0 Å². The second kappa shape index (κ2) is 6.52. The summed E-state index contributed by atoms with van der Waals surface area (Å²) in [5.74, 6) is 0.520. The van der Waals surface area contributed by atoms with Gasteiger partial charge >= 0.3 is 0 Å². The van der Waals surface area contributed by atoms with Gasteiger partial charge < -0.3 is 15.4 Å². The molecule has 0 radical (unpaired) electrons. The topological polar surface area (TPSA) is 67.4 Å². The smallest absolute Gasteiger partial charge is 0.221 e. The van der Waals surface area contributed by atoms with Gasteiger partial charge in [-0.15, -0.1) is 0 Å². The lowest BCUT2D eigenvalue weighted by Gasteiger charge is -2.22. The molecule has 1 aromatic carbocycles. The summed E-state index contributed by atoms with van der Waals surface area (Å²) in [6.07, 6.45) is 1.68. The van der Waals surface area contributed by atoms with Crippen molar-refractivity contribution in [3.63, 3.8) is 0 Å². The van der Waals surface area contributed by atoms with Crippen LogP contribution in [-0.4, -0.2) is 31.9 Å². The van der Waals surface area contributed by atoms with Gasteiger partial charge in [-0.1, -0.05) is 0 Å². The lowest BCUT2D eigenvalue weighted by Crippen LogP contribution is -2.32. The van der Waals surface area contributed by atoms with Crippen LogP contribution in [0.5, 0.6) is 5.75 Å². The van der Waals surface area contributed by atoms with Crippen molar-refractivity contribution >= 4 is 17.4 Å². The molecule has 1 heterocycles. The first-order chi connectivity index (χ1) is 9.61. The number of amides is 1. The number of piperidine rings is 1. The molecular weight excluding hydrogens is 256 g/mol. The predicted octanol–water partition coefficient (Wildman–Crippen LogP) is 1.84.